The standard InChI is InChI=1S/C19H21FN4O2.CH2O2/c20-15-2-3-17(24-8-1-6-22-24)16(12-15)18-21-7-9-23(18)13-19(14-25)4-10-26-11-5-19;2-1-3/h1-3,6-9,12,25H,4-5,10-11,13-14H2;1H,(H,2,3). The topological polar surface area (TPSA) is 102 Å². The largest absolute Gasteiger partial charge is 0.483 e. The van der Waals surface area contributed by atoms with E-state index >= 15 is 0 Å². The first-order valence-corrected chi connectivity index (χ1v) is 9.20. The Kier molecular flexibility index (Phi) is 6.73. The quantitative estimate of drug-likeness (QED) is 0.635. The number of ether oxygens (including phenoxy) is 1. The molecule has 0 saturated carbocycles. The van der Waals surface area contributed by atoms with Gasteiger partial charge in [0.05, 0.1) is 12.3 Å². The average molecular weight is 402 g/mol. The molecule has 0 aliphatic carbocycles. The van der Waals surface area contributed by atoms with Crippen molar-refractivity contribution in [3.63, 3.8) is 0 Å². The Bertz CT molecular complexity index is 920. The summed E-state index contributed by atoms with van der Waals surface area (Å²) in [5.74, 6) is 0.336. The van der Waals surface area contributed by atoms with Gasteiger partial charge in [0.15, 0.2) is 0 Å². The molecule has 0 spiro atoms. The van der Waals surface area contributed by atoms with Crippen molar-refractivity contribution in [2.24, 2.45) is 5.41 Å². The van der Waals surface area contributed by atoms with E-state index < -0.39 is 0 Å². The lowest BCUT2D eigenvalue weighted by Gasteiger charge is -2.36. The number of hydrogen-bond acceptors (Lipinski definition) is 5. The van der Waals surface area contributed by atoms with Crippen molar-refractivity contribution >= 4 is 6.47 Å². The van der Waals surface area contributed by atoms with Gasteiger partial charge in [-0.1, -0.05) is 0 Å². The Labute approximate surface area is 167 Å². The zero-order valence-electron chi connectivity index (χ0n) is 15.8. The van der Waals surface area contributed by atoms with E-state index in [4.69, 9.17) is 14.6 Å². The Morgan fingerprint density at radius 1 is 1.24 bits per heavy atom. The smallest absolute Gasteiger partial charge is 0.290 e. The highest BCUT2D eigenvalue weighted by molar-refractivity contribution is 5.67. The van der Waals surface area contributed by atoms with Crippen LogP contribution in [0.1, 0.15) is 12.8 Å². The molecule has 9 heteroatoms. The Morgan fingerprint density at radius 2 is 2.00 bits per heavy atom. The molecular formula is C20H23FN4O4. The highest BCUT2D eigenvalue weighted by Gasteiger charge is 2.33. The van der Waals surface area contributed by atoms with Gasteiger partial charge in [-0.3, -0.25) is 4.79 Å². The number of rotatable bonds is 5. The van der Waals surface area contributed by atoms with Gasteiger partial charge in [0.2, 0.25) is 0 Å². The zero-order valence-corrected chi connectivity index (χ0v) is 15.8. The van der Waals surface area contributed by atoms with E-state index in [-0.39, 0.29) is 24.3 Å². The molecule has 29 heavy (non-hydrogen) atoms. The van der Waals surface area contributed by atoms with Gasteiger partial charge in [-0.25, -0.2) is 14.1 Å². The van der Waals surface area contributed by atoms with Gasteiger partial charge < -0.3 is 19.5 Å². The fourth-order valence-electron chi connectivity index (χ4n) is 3.51. The van der Waals surface area contributed by atoms with Crippen molar-refractivity contribution in [1.82, 2.24) is 19.3 Å². The zero-order chi connectivity index (χ0) is 20.7. The second-order valence-electron chi connectivity index (χ2n) is 6.87. The van der Waals surface area contributed by atoms with Gasteiger partial charge in [0.1, 0.15) is 11.6 Å². The van der Waals surface area contributed by atoms with Crippen LogP contribution in [0.2, 0.25) is 0 Å². The first-order valence-electron chi connectivity index (χ1n) is 9.20. The Hall–Kier alpha value is -3.04. The van der Waals surface area contributed by atoms with Crippen LogP contribution in [0.3, 0.4) is 0 Å². The minimum atomic E-state index is -0.326. The van der Waals surface area contributed by atoms with Gasteiger partial charge in [0.25, 0.3) is 6.47 Å². The molecule has 1 saturated heterocycles. The van der Waals surface area contributed by atoms with Crippen LogP contribution in [-0.2, 0) is 16.1 Å². The SMILES string of the molecule is O=CO.OCC1(Cn2ccnc2-c2cc(F)ccc2-n2cccn2)CCOCC1. The molecule has 3 heterocycles. The number of hydrogen-bond donors (Lipinski definition) is 2. The van der Waals surface area contributed by atoms with Gasteiger partial charge in [0, 0.05) is 55.5 Å². The minimum absolute atomic E-state index is 0.0865. The normalized spacial score (nSPS) is 15.4. The number of aliphatic hydroxyl groups excluding tert-OH is 1. The van der Waals surface area contributed by atoms with Crippen molar-refractivity contribution < 1.29 is 24.1 Å². The number of aromatic nitrogens is 4. The molecule has 1 aliphatic heterocycles. The fraction of sp³-hybridized carbons (Fsp3) is 0.350. The third-order valence-corrected chi connectivity index (χ3v) is 5.06. The van der Waals surface area contributed by atoms with E-state index in [0.717, 1.165) is 18.5 Å². The van der Waals surface area contributed by atoms with Crippen LogP contribution in [0.5, 0.6) is 0 Å². The van der Waals surface area contributed by atoms with Crippen molar-refractivity contribution in [1.29, 1.82) is 0 Å². The average Bonchev–Trinajstić information content (AvgIpc) is 3.41. The molecule has 8 nitrogen and oxygen atoms in total. The number of aliphatic hydroxyl groups is 1. The Morgan fingerprint density at radius 3 is 2.66 bits per heavy atom. The molecule has 154 valence electrons. The summed E-state index contributed by atoms with van der Waals surface area (Å²) in [5.41, 5.74) is 1.18. The number of halogens is 1. The summed E-state index contributed by atoms with van der Waals surface area (Å²) >= 11 is 0. The van der Waals surface area contributed by atoms with Gasteiger partial charge in [-0.05, 0) is 37.1 Å². The summed E-state index contributed by atoms with van der Waals surface area (Å²) in [6.45, 7) is 1.73. The van der Waals surface area contributed by atoms with Crippen LogP contribution in [0.4, 0.5) is 4.39 Å². The summed E-state index contributed by atoms with van der Waals surface area (Å²) in [6, 6.07) is 6.42. The molecule has 3 aromatic rings. The maximum Gasteiger partial charge on any atom is 0.290 e. The highest BCUT2D eigenvalue weighted by atomic mass is 19.1. The predicted molar refractivity (Wildman–Crippen MR) is 103 cm³/mol. The van der Waals surface area contributed by atoms with E-state index in [1.807, 2.05) is 23.0 Å². The number of imidazole rings is 1. The molecule has 0 amide bonds. The third kappa shape index (κ3) is 4.69. The van der Waals surface area contributed by atoms with Gasteiger partial charge in [-0.2, -0.15) is 5.10 Å². The van der Waals surface area contributed by atoms with Crippen LogP contribution in [0, 0.1) is 11.2 Å². The molecule has 0 atom stereocenters. The molecule has 4 rings (SSSR count). The van der Waals surface area contributed by atoms with E-state index in [1.165, 1.54) is 12.1 Å². The molecule has 0 unspecified atom stereocenters. The molecule has 0 radical (unpaired) electrons. The van der Waals surface area contributed by atoms with Crippen LogP contribution in [0.25, 0.3) is 17.1 Å². The van der Waals surface area contributed by atoms with Crippen molar-refractivity contribution in [2.45, 2.75) is 19.4 Å². The van der Waals surface area contributed by atoms with Crippen molar-refractivity contribution in [2.75, 3.05) is 19.8 Å². The van der Waals surface area contributed by atoms with Crippen LogP contribution >= 0.6 is 0 Å². The van der Waals surface area contributed by atoms with Crippen LogP contribution in [0.15, 0.2) is 49.1 Å². The van der Waals surface area contributed by atoms with Crippen LogP contribution < -0.4 is 0 Å². The Balaban J connectivity index is 0.000000755. The molecule has 2 N–H and O–H groups in total. The third-order valence-electron chi connectivity index (χ3n) is 5.06. The number of nitrogens with zero attached hydrogens (tertiary/aromatic N) is 4. The number of benzene rings is 1. The van der Waals surface area contributed by atoms with E-state index in [1.54, 1.807) is 23.1 Å². The highest BCUT2D eigenvalue weighted by Crippen LogP contribution is 2.34. The van der Waals surface area contributed by atoms with Gasteiger partial charge >= 0.3 is 0 Å². The first kappa shape index (κ1) is 20.7. The maximum absolute atomic E-state index is 14.0. The van der Waals surface area contributed by atoms with Gasteiger partial charge in [-0.15, -0.1) is 0 Å². The predicted octanol–water partition coefficient (Wildman–Crippen LogP) is 2.36. The van der Waals surface area contributed by atoms with Crippen molar-refractivity contribution in [3.05, 3.63) is 54.9 Å². The fourth-order valence-corrected chi connectivity index (χ4v) is 3.51. The lowest BCUT2D eigenvalue weighted by Crippen LogP contribution is -2.37. The molecule has 1 fully saturated rings. The lowest BCUT2D eigenvalue weighted by molar-refractivity contribution is -0.122. The number of carboxylic acid groups (broad SMARTS) is 1. The summed E-state index contributed by atoms with van der Waals surface area (Å²) in [6.07, 6.45) is 8.66. The maximum atomic E-state index is 14.0. The molecule has 1 aliphatic rings. The monoisotopic (exact) mass is 402 g/mol. The molecule has 0 bridgehead atoms. The number of carbonyl (C=O) groups is 1. The van der Waals surface area contributed by atoms with E-state index in [2.05, 4.69) is 10.1 Å². The summed E-state index contributed by atoms with van der Waals surface area (Å²) < 4.78 is 23.1. The summed E-state index contributed by atoms with van der Waals surface area (Å²) in [7, 11) is 0. The van der Waals surface area contributed by atoms with Crippen molar-refractivity contribution in [3.8, 4) is 17.1 Å². The second kappa shape index (κ2) is 9.44. The second-order valence-corrected chi connectivity index (χ2v) is 6.87. The van der Waals surface area contributed by atoms with E-state index in [9.17, 15) is 9.50 Å². The molecule has 2 aromatic heterocycles. The summed E-state index contributed by atoms with van der Waals surface area (Å²) in [5, 5.41) is 21.1. The molecule has 1 aromatic carbocycles. The lowest BCUT2D eigenvalue weighted by atomic mass is 9.81. The minimum Gasteiger partial charge on any atom is -0.483 e. The van der Waals surface area contributed by atoms with E-state index in [0.29, 0.717) is 31.1 Å². The van der Waals surface area contributed by atoms with Crippen LogP contribution in [-0.4, -0.2) is 55.8 Å². The summed E-state index contributed by atoms with van der Waals surface area (Å²) in [4.78, 5) is 12.8. The molecular weight excluding hydrogens is 379 g/mol. The first-order chi connectivity index (χ1) is 14.1.